The van der Waals surface area contributed by atoms with Gasteiger partial charge in [-0.1, -0.05) is 37.3 Å². The van der Waals surface area contributed by atoms with Crippen molar-refractivity contribution in [2.45, 2.75) is 32.6 Å². The Balaban J connectivity index is 1.64. The fourth-order valence-electron chi connectivity index (χ4n) is 2.55. The molecule has 3 rings (SSSR count). The third-order valence-corrected chi connectivity index (χ3v) is 3.84. The predicted molar refractivity (Wildman–Crippen MR) is 74.6 cm³/mol. The largest absolute Gasteiger partial charge is 0.477 e. The van der Waals surface area contributed by atoms with Crippen LogP contribution in [0.3, 0.4) is 0 Å². The van der Waals surface area contributed by atoms with Crippen LogP contribution in [0.4, 0.5) is 0 Å². The van der Waals surface area contributed by atoms with Crippen LogP contribution in [-0.4, -0.2) is 30.2 Å². The summed E-state index contributed by atoms with van der Waals surface area (Å²) in [7, 11) is 0. The lowest BCUT2D eigenvalue weighted by Gasteiger charge is -2.31. The number of ether oxygens (including phenoxy) is 2. The number of hydrogen-bond donors (Lipinski definition) is 0. The van der Waals surface area contributed by atoms with Gasteiger partial charge in [0.1, 0.15) is 12.4 Å². The molecule has 1 atom stereocenters. The van der Waals surface area contributed by atoms with Gasteiger partial charge in [-0.15, -0.1) is 0 Å². The minimum absolute atomic E-state index is 0.188. The van der Waals surface area contributed by atoms with Gasteiger partial charge in [-0.3, -0.25) is 4.90 Å². The molecule has 2 heterocycles. The van der Waals surface area contributed by atoms with Crippen LogP contribution in [0.1, 0.15) is 25.3 Å². The minimum atomic E-state index is -0.256. The van der Waals surface area contributed by atoms with Gasteiger partial charge < -0.3 is 9.47 Å². The summed E-state index contributed by atoms with van der Waals surface area (Å²) >= 11 is 0. The van der Waals surface area contributed by atoms with Gasteiger partial charge in [0.25, 0.3) is 0 Å². The zero-order valence-electron chi connectivity index (χ0n) is 11.7. The Bertz CT molecular complexity index is 510. The van der Waals surface area contributed by atoms with Gasteiger partial charge in [0.15, 0.2) is 6.23 Å². The van der Waals surface area contributed by atoms with Crippen molar-refractivity contribution < 1.29 is 14.3 Å². The van der Waals surface area contributed by atoms with Gasteiger partial charge >= 0.3 is 5.97 Å². The SMILES string of the molecule is CC/C(C(=O)OCc1ccccc1)=C1/CN2CCC2O1. The van der Waals surface area contributed by atoms with E-state index in [9.17, 15) is 4.79 Å². The van der Waals surface area contributed by atoms with Gasteiger partial charge in [0.05, 0.1) is 12.1 Å². The average Bonchev–Trinajstić information content (AvgIpc) is 2.75. The first-order valence-electron chi connectivity index (χ1n) is 7.11. The quantitative estimate of drug-likeness (QED) is 0.624. The van der Waals surface area contributed by atoms with Crippen LogP contribution in [0.25, 0.3) is 0 Å². The maximum absolute atomic E-state index is 12.2. The highest BCUT2D eigenvalue weighted by Gasteiger charge is 2.38. The van der Waals surface area contributed by atoms with Crippen molar-refractivity contribution in [3.63, 3.8) is 0 Å². The topological polar surface area (TPSA) is 38.8 Å². The molecule has 1 unspecified atom stereocenters. The van der Waals surface area contributed by atoms with E-state index in [-0.39, 0.29) is 12.2 Å². The van der Waals surface area contributed by atoms with Crippen LogP contribution in [-0.2, 0) is 20.9 Å². The van der Waals surface area contributed by atoms with Crippen molar-refractivity contribution in [1.82, 2.24) is 4.90 Å². The molecule has 2 saturated heterocycles. The molecule has 0 bridgehead atoms. The molecule has 2 fully saturated rings. The first kappa shape index (κ1) is 13.2. The molecule has 1 aromatic carbocycles. The van der Waals surface area contributed by atoms with Crippen LogP contribution in [0.5, 0.6) is 0 Å². The molecule has 0 spiro atoms. The molecule has 4 heteroatoms. The van der Waals surface area contributed by atoms with Crippen molar-refractivity contribution in [3.8, 4) is 0 Å². The molecule has 0 amide bonds. The molecule has 4 nitrogen and oxygen atoms in total. The van der Waals surface area contributed by atoms with E-state index in [1.165, 1.54) is 0 Å². The van der Waals surface area contributed by atoms with Crippen molar-refractivity contribution in [2.75, 3.05) is 13.1 Å². The second-order valence-corrected chi connectivity index (χ2v) is 5.15. The molecule has 0 radical (unpaired) electrons. The highest BCUT2D eigenvalue weighted by atomic mass is 16.5. The molecule has 2 aliphatic rings. The number of benzene rings is 1. The Labute approximate surface area is 119 Å². The molecule has 2 aliphatic heterocycles. The van der Waals surface area contributed by atoms with E-state index in [4.69, 9.17) is 9.47 Å². The summed E-state index contributed by atoms with van der Waals surface area (Å²) in [6.07, 6.45) is 1.89. The summed E-state index contributed by atoms with van der Waals surface area (Å²) in [6.45, 7) is 4.08. The fourth-order valence-corrected chi connectivity index (χ4v) is 2.55. The van der Waals surface area contributed by atoms with E-state index in [1.807, 2.05) is 37.3 Å². The second kappa shape index (κ2) is 5.67. The normalized spacial score (nSPS) is 23.6. The fraction of sp³-hybridized carbons (Fsp3) is 0.438. The van der Waals surface area contributed by atoms with Gasteiger partial charge in [-0.25, -0.2) is 4.79 Å². The Morgan fingerprint density at radius 2 is 2.20 bits per heavy atom. The van der Waals surface area contributed by atoms with Gasteiger partial charge in [0, 0.05) is 13.0 Å². The van der Waals surface area contributed by atoms with Gasteiger partial charge in [-0.2, -0.15) is 0 Å². The van der Waals surface area contributed by atoms with E-state index >= 15 is 0 Å². The summed E-state index contributed by atoms with van der Waals surface area (Å²) in [6, 6.07) is 9.72. The molecule has 0 saturated carbocycles. The number of hydrogen-bond acceptors (Lipinski definition) is 4. The molecule has 0 aliphatic carbocycles. The van der Waals surface area contributed by atoms with Gasteiger partial charge in [0.2, 0.25) is 0 Å². The highest BCUT2D eigenvalue weighted by Crippen LogP contribution is 2.31. The maximum atomic E-state index is 12.2. The Morgan fingerprint density at radius 3 is 2.75 bits per heavy atom. The van der Waals surface area contributed by atoms with Crippen LogP contribution in [0.15, 0.2) is 41.7 Å². The van der Waals surface area contributed by atoms with Crippen molar-refractivity contribution in [1.29, 1.82) is 0 Å². The van der Waals surface area contributed by atoms with Crippen molar-refractivity contribution in [3.05, 3.63) is 47.2 Å². The number of fused-ring (bicyclic) bond motifs is 1. The maximum Gasteiger partial charge on any atom is 0.337 e. The van der Waals surface area contributed by atoms with Crippen LogP contribution >= 0.6 is 0 Å². The Kier molecular flexibility index (Phi) is 3.74. The first-order chi connectivity index (χ1) is 9.78. The van der Waals surface area contributed by atoms with E-state index in [1.54, 1.807) is 0 Å². The molecule has 0 aromatic heterocycles. The zero-order chi connectivity index (χ0) is 13.9. The molecule has 20 heavy (non-hydrogen) atoms. The lowest BCUT2D eigenvalue weighted by molar-refractivity contribution is -0.140. The third kappa shape index (κ3) is 2.56. The average molecular weight is 273 g/mol. The zero-order valence-corrected chi connectivity index (χ0v) is 11.7. The van der Waals surface area contributed by atoms with E-state index in [2.05, 4.69) is 4.90 Å². The molecule has 1 aromatic rings. The summed E-state index contributed by atoms with van der Waals surface area (Å²) < 4.78 is 11.2. The first-order valence-corrected chi connectivity index (χ1v) is 7.11. The Morgan fingerprint density at radius 1 is 1.40 bits per heavy atom. The lowest BCUT2D eigenvalue weighted by atomic mass is 10.1. The summed E-state index contributed by atoms with van der Waals surface area (Å²) in [4.78, 5) is 14.4. The lowest BCUT2D eigenvalue weighted by Crippen LogP contribution is -2.42. The van der Waals surface area contributed by atoms with E-state index in [0.717, 1.165) is 30.8 Å². The number of rotatable bonds is 4. The minimum Gasteiger partial charge on any atom is -0.477 e. The van der Waals surface area contributed by atoms with E-state index < -0.39 is 0 Å². The molecule has 106 valence electrons. The van der Waals surface area contributed by atoms with Crippen LogP contribution < -0.4 is 0 Å². The van der Waals surface area contributed by atoms with Crippen molar-refractivity contribution >= 4 is 5.97 Å². The summed E-state index contributed by atoms with van der Waals surface area (Å²) in [5.74, 6) is 0.543. The Hall–Kier alpha value is -1.81. The van der Waals surface area contributed by atoms with Crippen LogP contribution in [0.2, 0.25) is 0 Å². The predicted octanol–water partition coefficient (Wildman–Crippen LogP) is 2.46. The van der Waals surface area contributed by atoms with E-state index in [0.29, 0.717) is 18.6 Å². The van der Waals surface area contributed by atoms with Crippen LogP contribution in [0, 0.1) is 0 Å². The second-order valence-electron chi connectivity index (χ2n) is 5.15. The summed E-state index contributed by atoms with van der Waals surface area (Å²) in [5.41, 5.74) is 1.67. The highest BCUT2D eigenvalue weighted by molar-refractivity contribution is 5.89. The van der Waals surface area contributed by atoms with Crippen molar-refractivity contribution in [2.24, 2.45) is 0 Å². The molecular weight excluding hydrogens is 254 g/mol. The molecular formula is C16H19NO3. The summed E-state index contributed by atoms with van der Waals surface area (Å²) in [5, 5.41) is 0. The smallest absolute Gasteiger partial charge is 0.337 e. The molecule has 0 N–H and O–H groups in total. The number of carbonyl (C=O) groups is 1. The number of nitrogens with zero attached hydrogens (tertiary/aromatic N) is 1. The monoisotopic (exact) mass is 273 g/mol. The number of carbonyl (C=O) groups excluding carboxylic acids is 1. The number of esters is 1. The van der Waals surface area contributed by atoms with Gasteiger partial charge in [-0.05, 0) is 12.0 Å². The standard InChI is InChI=1S/C16H19NO3/c1-2-13(14-10-17-9-8-15(17)20-14)16(18)19-11-12-6-4-3-5-7-12/h3-7,15H,2,8-11H2,1H3/b14-13+. The third-order valence-electron chi connectivity index (χ3n) is 3.84.